The van der Waals surface area contributed by atoms with Crippen LogP contribution in [0.2, 0.25) is 0 Å². The lowest BCUT2D eigenvalue weighted by Crippen LogP contribution is -2.09. The number of hydrogen-bond acceptors (Lipinski definition) is 1. The first-order chi connectivity index (χ1) is 25.3. The second-order valence-corrected chi connectivity index (χ2v) is 13.4. The molecular formula is C50H33N. The number of nitrogens with zero attached hydrogens (tertiary/aromatic N) is 1. The Morgan fingerprint density at radius 2 is 0.647 bits per heavy atom. The predicted octanol–water partition coefficient (Wildman–Crippen LogP) is 14.3. The molecule has 0 heterocycles. The monoisotopic (exact) mass is 647 g/mol. The minimum absolute atomic E-state index is 1.11. The topological polar surface area (TPSA) is 3.24 Å². The zero-order valence-electron chi connectivity index (χ0n) is 28.0. The van der Waals surface area contributed by atoms with E-state index in [2.05, 4.69) is 205 Å². The van der Waals surface area contributed by atoms with Crippen molar-refractivity contribution in [3.63, 3.8) is 0 Å². The van der Waals surface area contributed by atoms with Gasteiger partial charge >= 0.3 is 0 Å². The van der Waals surface area contributed by atoms with Gasteiger partial charge in [-0.05, 0) is 119 Å². The maximum atomic E-state index is 2.38. The molecule has 0 aliphatic rings. The summed E-state index contributed by atoms with van der Waals surface area (Å²) in [6, 6.07) is 73.1. The molecule has 0 aliphatic carbocycles. The van der Waals surface area contributed by atoms with Crippen LogP contribution in [0.5, 0.6) is 0 Å². The van der Waals surface area contributed by atoms with Crippen molar-refractivity contribution in [1.82, 2.24) is 0 Å². The molecule has 0 fully saturated rings. The Morgan fingerprint density at radius 1 is 0.235 bits per heavy atom. The Balaban J connectivity index is 1.09. The SMILES string of the molecule is c1ccc2c(-c3ccc(N(c4ccc(-c5ccc6ccc7ccccc7c6c5)cc4)c4ccc5ccc6ccccc6c5c4)cc3)cccc2c1. The van der Waals surface area contributed by atoms with Crippen LogP contribution in [0, 0.1) is 0 Å². The lowest BCUT2D eigenvalue weighted by molar-refractivity contribution is 1.29. The van der Waals surface area contributed by atoms with Gasteiger partial charge in [0, 0.05) is 17.1 Å². The number of rotatable bonds is 5. The van der Waals surface area contributed by atoms with Gasteiger partial charge in [-0.2, -0.15) is 0 Å². The van der Waals surface area contributed by atoms with Gasteiger partial charge in [-0.15, -0.1) is 0 Å². The summed E-state index contributed by atoms with van der Waals surface area (Å²) in [5.74, 6) is 0. The van der Waals surface area contributed by atoms with E-state index in [9.17, 15) is 0 Å². The molecule has 1 heteroatoms. The van der Waals surface area contributed by atoms with Crippen LogP contribution in [-0.2, 0) is 0 Å². The highest BCUT2D eigenvalue weighted by atomic mass is 15.1. The van der Waals surface area contributed by atoms with E-state index in [1.807, 2.05) is 0 Å². The molecule has 0 saturated heterocycles. The molecule has 0 aliphatic heterocycles. The van der Waals surface area contributed by atoms with Crippen molar-refractivity contribution in [3.8, 4) is 22.3 Å². The van der Waals surface area contributed by atoms with Gasteiger partial charge < -0.3 is 4.90 Å². The van der Waals surface area contributed by atoms with Crippen LogP contribution in [0.3, 0.4) is 0 Å². The third-order valence-corrected chi connectivity index (χ3v) is 10.4. The van der Waals surface area contributed by atoms with Gasteiger partial charge in [-0.25, -0.2) is 0 Å². The molecule has 1 nitrogen and oxygen atoms in total. The van der Waals surface area contributed by atoms with E-state index >= 15 is 0 Å². The third kappa shape index (κ3) is 5.10. The van der Waals surface area contributed by atoms with Crippen molar-refractivity contribution in [2.45, 2.75) is 0 Å². The fourth-order valence-corrected chi connectivity index (χ4v) is 7.83. The number of hydrogen-bond donors (Lipinski definition) is 0. The van der Waals surface area contributed by atoms with Crippen molar-refractivity contribution in [1.29, 1.82) is 0 Å². The third-order valence-electron chi connectivity index (χ3n) is 10.4. The predicted molar refractivity (Wildman–Crippen MR) is 220 cm³/mol. The summed E-state index contributed by atoms with van der Waals surface area (Å²) in [7, 11) is 0. The Morgan fingerprint density at radius 3 is 1.27 bits per heavy atom. The molecule has 0 spiro atoms. The quantitative estimate of drug-likeness (QED) is 0.168. The lowest BCUT2D eigenvalue weighted by Gasteiger charge is -2.26. The Labute approximate surface area is 297 Å². The normalized spacial score (nSPS) is 11.5. The minimum Gasteiger partial charge on any atom is -0.310 e. The lowest BCUT2D eigenvalue weighted by atomic mass is 9.97. The fourth-order valence-electron chi connectivity index (χ4n) is 7.83. The average Bonchev–Trinajstić information content (AvgIpc) is 3.21. The number of anilines is 3. The molecule has 0 bridgehead atoms. The van der Waals surface area contributed by atoms with Crippen LogP contribution >= 0.6 is 0 Å². The van der Waals surface area contributed by atoms with Crippen molar-refractivity contribution in [2.75, 3.05) is 4.90 Å². The van der Waals surface area contributed by atoms with Gasteiger partial charge in [0.15, 0.2) is 0 Å². The van der Waals surface area contributed by atoms with Gasteiger partial charge in [-0.1, -0.05) is 158 Å². The largest absolute Gasteiger partial charge is 0.310 e. The van der Waals surface area contributed by atoms with Crippen LogP contribution in [0.1, 0.15) is 0 Å². The maximum absolute atomic E-state index is 2.38. The Bertz CT molecular complexity index is 2900. The van der Waals surface area contributed by atoms with E-state index < -0.39 is 0 Å². The molecule has 51 heavy (non-hydrogen) atoms. The highest BCUT2D eigenvalue weighted by Crippen LogP contribution is 2.40. The summed E-state index contributed by atoms with van der Waals surface area (Å²) in [5.41, 5.74) is 8.22. The molecular weight excluding hydrogens is 615 g/mol. The fraction of sp³-hybridized carbons (Fsp3) is 0. The molecule has 0 unspecified atom stereocenters. The van der Waals surface area contributed by atoms with E-state index in [4.69, 9.17) is 0 Å². The van der Waals surface area contributed by atoms with Crippen LogP contribution < -0.4 is 4.90 Å². The molecule has 238 valence electrons. The van der Waals surface area contributed by atoms with Gasteiger partial charge in [0.2, 0.25) is 0 Å². The van der Waals surface area contributed by atoms with E-state index in [1.54, 1.807) is 0 Å². The summed E-state index contributed by atoms with van der Waals surface area (Å²) < 4.78 is 0. The number of benzene rings is 10. The molecule has 0 N–H and O–H groups in total. The smallest absolute Gasteiger partial charge is 0.0468 e. The molecule has 10 aromatic carbocycles. The molecule has 0 amide bonds. The summed E-state index contributed by atoms with van der Waals surface area (Å²) in [6.45, 7) is 0. The summed E-state index contributed by atoms with van der Waals surface area (Å²) in [6.07, 6.45) is 0. The van der Waals surface area contributed by atoms with Crippen molar-refractivity contribution >= 4 is 70.9 Å². The first kappa shape index (κ1) is 29.2. The van der Waals surface area contributed by atoms with Gasteiger partial charge in [0.1, 0.15) is 0 Å². The number of fused-ring (bicyclic) bond motifs is 7. The summed E-state index contributed by atoms with van der Waals surface area (Å²) in [4.78, 5) is 2.38. The Kier molecular flexibility index (Phi) is 6.89. The zero-order chi connectivity index (χ0) is 33.7. The highest BCUT2D eigenvalue weighted by Gasteiger charge is 2.15. The maximum Gasteiger partial charge on any atom is 0.0468 e. The summed E-state index contributed by atoms with van der Waals surface area (Å²) in [5, 5.41) is 12.6. The van der Waals surface area contributed by atoms with Crippen LogP contribution in [-0.4, -0.2) is 0 Å². The van der Waals surface area contributed by atoms with Gasteiger partial charge in [0.05, 0.1) is 0 Å². The van der Waals surface area contributed by atoms with E-state index in [-0.39, 0.29) is 0 Å². The van der Waals surface area contributed by atoms with E-state index in [0.29, 0.717) is 0 Å². The molecule has 10 aromatic rings. The summed E-state index contributed by atoms with van der Waals surface area (Å²) >= 11 is 0. The molecule has 0 saturated carbocycles. The highest BCUT2D eigenvalue weighted by molar-refractivity contribution is 6.10. The van der Waals surface area contributed by atoms with Gasteiger partial charge in [0.25, 0.3) is 0 Å². The van der Waals surface area contributed by atoms with Crippen molar-refractivity contribution in [3.05, 3.63) is 200 Å². The standard InChI is InChI=1S/C50H33N/c1-4-12-45-35(8-1)11-7-15-46(45)38-24-29-43(30-25-38)51(44-31-26-40-19-17-37-10-3-6-14-48(37)50(40)33-44)42-27-22-34(23-28-42)41-21-20-39-18-16-36-9-2-5-13-47(36)49(39)32-41/h1-33H. The minimum atomic E-state index is 1.11. The Hall–Kier alpha value is -6.70. The first-order valence-electron chi connectivity index (χ1n) is 17.6. The zero-order valence-corrected chi connectivity index (χ0v) is 28.0. The van der Waals surface area contributed by atoms with Crippen LogP contribution in [0.25, 0.3) is 76.1 Å². The second-order valence-electron chi connectivity index (χ2n) is 13.4. The second kappa shape index (κ2) is 12.0. The molecule has 0 radical (unpaired) electrons. The van der Waals surface area contributed by atoms with E-state index in [0.717, 1.165) is 17.1 Å². The van der Waals surface area contributed by atoms with Crippen molar-refractivity contribution < 1.29 is 0 Å². The van der Waals surface area contributed by atoms with E-state index in [1.165, 1.54) is 76.1 Å². The van der Waals surface area contributed by atoms with Crippen LogP contribution in [0.4, 0.5) is 17.1 Å². The molecule has 10 rings (SSSR count). The first-order valence-corrected chi connectivity index (χ1v) is 17.6. The molecule has 0 atom stereocenters. The van der Waals surface area contributed by atoms with Crippen molar-refractivity contribution in [2.24, 2.45) is 0 Å². The van der Waals surface area contributed by atoms with Gasteiger partial charge in [-0.3, -0.25) is 0 Å². The average molecular weight is 648 g/mol. The van der Waals surface area contributed by atoms with Crippen LogP contribution in [0.15, 0.2) is 200 Å². The molecule has 0 aromatic heterocycles.